The minimum atomic E-state index is -1.23. The van der Waals surface area contributed by atoms with E-state index in [4.69, 9.17) is 4.74 Å². The molecule has 2 atom stereocenters. The summed E-state index contributed by atoms with van der Waals surface area (Å²) in [5.41, 5.74) is -0.388. The van der Waals surface area contributed by atoms with E-state index in [1.807, 2.05) is 6.92 Å². The van der Waals surface area contributed by atoms with Crippen molar-refractivity contribution in [1.82, 2.24) is 5.32 Å². The first kappa shape index (κ1) is 14.6. The van der Waals surface area contributed by atoms with Gasteiger partial charge >= 0.3 is 5.97 Å². The van der Waals surface area contributed by atoms with Crippen LogP contribution in [0.1, 0.15) is 19.4 Å². The smallest absolute Gasteiger partial charge is 0.323 e. The minimum Gasteiger partial charge on any atom is -0.468 e. The summed E-state index contributed by atoms with van der Waals surface area (Å²) in [6.07, 6.45) is -0.141. The molecule has 2 rings (SSSR count). The number of hydrogen-bond acceptors (Lipinski definition) is 4. The average Bonchev–Trinajstić information content (AvgIpc) is 2.42. The SMILES string of the molecule is COC(=O)C1(c2ccc(F)c(F)c2)CNC(C)N=C1C. The summed E-state index contributed by atoms with van der Waals surface area (Å²) < 4.78 is 31.4. The molecule has 1 aromatic rings. The molecular weight excluding hydrogens is 266 g/mol. The first-order valence-corrected chi connectivity index (χ1v) is 6.24. The highest BCUT2D eigenvalue weighted by atomic mass is 19.2. The number of carbonyl (C=O) groups is 1. The Labute approximate surface area is 115 Å². The maximum Gasteiger partial charge on any atom is 0.323 e. The fourth-order valence-corrected chi connectivity index (χ4v) is 2.46. The van der Waals surface area contributed by atoms with Gasteiger partial charge in [0.2, 0.25) is 0 Å². The van der Waals surface area contributed by atoms with Gasteiger partial charge in [-0.3, -0.25) is 15.1 Å². The lowest BCUT2D eigenvalue weighted by molar-refractivity contribution is -0.144. The summed E-state index contributed by atoms with van der Waals surface area (Å²) in [5, 5.41) is 3.05. The summed E-state index contributed by atoms with van der Waals surface area (Å²) in [5.74, 6) is -2.51. The van der Waals surface area contributed by atoms with E-state index in [1.165, 1.54) is 13.2 Å². The van der Waals surface area contributed by atoms with Crippen molar-refractivity contribution in [3.8, 4) is 0 Å². The second-order valence-corrected chi connectivity index (χ2v) is 4.80. The van der Waals surface area contributed by atoms with Crippen LogP contribution in [0.2, 0.25) is 0 Å². The van der Waals surface area contributed by atoms with Gasteiger partial charge in [-0.1, -0.05) is 6.07 Å². The Balaban J connectivity index is 2.61. The van der Waals surface area contributed by atoms with E-state index in [9.17, 15) is 13.6 Å². The standard InChI is InChI=1S/C14H16F2N2O2/c1-8-14(13(19)20-3,7-17-9(2)18-8)10-4-5-11(15)12(16)6-10/h4-6,9,17H,7H2,1-3H3. The lowest BCUT2D eigenvalue weighted by Crippen LogP contribution is -2.56. The van der Waals surface area contributed by atoms with Gasteiger partial charge in [0.05, 0.1) is 13.3 Å². The maximum absolute atomic E-state index is 13.5. The Morgan fingerprint density at radius 3 is 2.70 bits per heavy atom. The Kier molecular flexibility index (Phi) is 3.85. The van der Waals surface area contributed by atoms with Gasteiger partial charge in [0.25, 0.3) is 0 Å². The highest BCUT2D eigenvalue weighted by Crippen LogP contribution is 2.31. The number of aliphatic imine (C=N–C) groups is 1. The molecule has 0 saturated carbocycles. The lowest BCUT2D eigenvalue weighted by Gasteiger charge is -2.36. The zero-order valence-electron chi connectivity index (χ0n) is 11.5. The number of hydrogen-bond donors (Lipinski definition) is 1. The van der Waals surface area contributed by atoms with E-state index in [2.05, 4.69) is 10.3 Å². The molecular formula is C14H16F2N2O2. The lowest BCUT2D eigenvalue weighted by atomic mass is 9.75. The summed E-state index contributed by atoms with van der Waals surface area (Å²) in [4.78, 5) is 16.6. The summed E-state index contributed by atoms with van der Waals surface area (Å²) in [6, 6.07) is 3.40. The number of nitrogens with one attached hydrogen (secondary N) is 1. The van der Waals surface area contributed by atoms with Crippen molar-refractivity contribution >= 4 is 11.7 Å². The molecule has 1 aliphatic heterocycles. The molecule has 0 aromatic heterocycles. The fraction of sp³-hybridized carbons (Fsp3) is 0.429. The molecule has 1 aliphatic rings. The van der Waals surface area contributed by atoms with Crippen molar-refractivity contribution in [3.05, 3.63) is 35.4 Å². The molecule has 0 aliphatic carbocycles. The topological polar surface area (TPSA) is 50.7 Å². The van der Waals surface area contributed by atoms with Crippen molar-refractivity contribution in [2.45, 2.75) is 25.4 Å². The third-order valence-electron chi connectivity index (χ3n) is 3.61. The van der Waals surface area contributed by atoms with Crippen molar-refractivity contribution in [1.29, 1.82) is 0 Å². The second-order valence-electron chi connectivity index (χ2n) is 4.80. The van der Waals surface area contributed by atoms with Crippen LogP contribution in [-0.4, -0.2) is 31.5 Å². The van der Waals surface area contributed by atoms with Crippen LogP contribution in [0.4, 0.5) is 8.78 Å². The highest BCUT2D eigenvalue weighted by Gasteiger charge is 2.46. The van der Waals surface area contributed by atoms with Crippen molar-refractivity contribution in [3.63, 3.8) is 0 Å². The fourth-order valence-electron chi connectivity index (χ4n) is 2.46. The third kappa shape index (κ3) is 2.20. The predicted octanol–water partition coefficient (Wildman–Crippen LogP) is 1.79. The van der Waals surface area contributed by atoms with Crippen LogP contribution >= 0.6 is 0 Å². The van der Waals surface area contributed by atoms with Crippen LogP contribution in [0.3, 0.4) is 0 Å². The number of esters is 1. The van der Waals surface area contributed by atoms with Gasteiger partial charge in [0, 0.05) is 12.3 Å². The van der Waals surface area contributed by atoms with E-state index in [0.717, 1.165) is 12.1 Å². The normalized spacial score (nSPS) is 26.1. The van der Waals surface area contributed by atoms with Gasteiger partial charge in [-0.2, -0.15) is 0 Å². The van der Waals surface area contributed by atoms with E-state index in [-0.39, 0.29) is 12.7 Å². The first-order chi connectivity index (χ1) is 9.41. The molecule has 6 heteroatoms. The van der Waals surface area contributed by atoms with Crippen LogP contribution in [0, 0.1) is 11.6 Å². The average molecular weight is 282 g/mol. The molecule has 0 amide bonds. The van der Waals surface area contributed by atoms with Gasteiger partial charge in [0.15, 0.2) is 11.6 Å². The Morgan fingerprint density at radius 1 is 1.45 bits per heavy atom. The third-order valence-corrected chi connectivity index (χ3v) is 3.61. The maximum atomic E-state index is 13.5. The second kappa shape index (κ2) is 5.28. The summed E-state index contributed by atoms with van der Waals surface area (Å²) in [6.45, 7) is 3.76. The molecule has 20 heavy (non-hydrogen) atoms. The molecule has 4 nitrogen and oxygen atoms in total. The monoisotopic (exact) mass is 282 g/mol. The zero-order valence-corrected chi connectivity index (χ0v) is 11.5. The Hall–Kier alpha value is -1.82. The number of methoxy groups -OCH3 is 1. The quantitative estimate of drug-likeness (QED) is 0.841. The van der Waals surface area contributed by atoms with E-state index in [0.29, 0.717) is 11.3 Å². The van der Waals surface area contributed by atoms with E-state index < -0.39 is 23.0 Å². The van der Waals surface area contributed by atoms with Gasteiger partial charge < -0.3 is 4.74 Å². The minimum absolute atomic E-state index is 0.141. The summed E-state index contributed by atoms with van der Waals surface area (Å²) in [7, 11) is 1.26. The van der Waals surface area contributed by atoms with Gasteiger partial charge in [-0.15, -0.1) is 0 Å². The number of rotatable bonds is 2. The largest absolute Gasteiger partial charge is 0.468 e. The molecule has 1 heterocycles. The van der Waals surface area contributed by atoms with E-state index >= 15 is 0 Å². The molecule has 0 radical (unpaired) electrons. The van der Waals surface area contributed by atoms with Crippen LogP contribution in [0.15, 0.2) is 23.2 Å². The number of ether oxygens (including phenoxy) is 1. The van der Waals surface area contributed by atoms with Crippen LogP contribution < -0.4 is 5.32 Å². The number of benzene rings is 1. The first-order valence-electron chi connectivity index (χ1n) is 6.24. The molecule has 0 bridgehead atoms. The number of carbonyl (C=O) groups excluding carboxylic acids is 1. The van der Waals surface area contributed by atoms with Gasteiger partial charge in [0.1, 0.15) is 5.41 Å². The molecule has 1 aromatic carbocycles. The molecule has 0 spiro atoms. The van der Waals surface area contributed by atoms with Crippen molar-refractivity contribution in [2.24, 2.45) is 4.99 Å². The molecule has 0 fully saturated rings. The van der Waals surface area contributed by atoms with Crippen molar-refractivity contribution < 1.29 is 18.3 Å². The molecule has 1 N–H and O–H groups in total. The molecule has 2 unspecified atom stereocenters. The van der Waals surface area contributed by atoms with E-state index in [1.54, 1.807) is 6.92 Å². The molecule has 0 saturated heterocycles. The number of nitrogens with zero attached hydrogens (tertiary/aromatic N) is 1. The van der Waals surface area contributed by atoms with Gasteiger partial charge in [-0.05, 0) is 31.5 Å². The van der Waals surface area contributed by atoms with Crippen molar-refractivity contribution in [2.75, 3.05) is 13.7 Å². The highest BCUT2D eigenvalue weighted by molar-refractivity contribution is 6.12. The number of halogens is 2. The van der Waals surface area contributed by atoms with Gasteiger partial charge in [-0.25, -0.2) is 8.78 Å². The van der Waals surface area contributed by atoms with Crippen LogP contribution in [-0.2, 0) is 14.9 Å². The summed E-state index contributed by atoms with van der Waals surface area (Å²) >= 11 is 0. The van der Waals surface area contributed by atoms with Crippen LogP contribution in [0.5, 0.6) is 0 Å². The van der Waals surface area contributed by atoms with Crippen LogP contribution in [0.25, 0.3) is 0 Å². The molecule has 108 valence electrons. The predicted molar refractivity (Wildman–Crippen MR) is 70.6 cm³/mol. The Bertz CT molecular complexity index is 574. The zero-order chi connectivity index (χ0) is 14.9. The Morgan fingerprint density at radius 2 is 2.15 bits per heavy atom.